The number of hydrogen-bond donors (Lipinski definition) is 1. The van der Waals surface area contributed by atoms with Crippen LogP contribution >= 0.6 is 15.9 Å². The summed E-state index contributed by atoms with van der Waals surface area (Å²) in [4.78, 5) is 10.5. The third-order valence-corrected chi connectivity index (χ3v) is 3.85. The van der Waals surface area contributed by atoms with Crippen LogP contribution in [0.3, 0.4) is 0 Å². The Bertz CT molecular complexity index is 472. The second-order valence-corrected chi connectivity index (χ2v) is 5.65. The number of rotatable bonds is 6. The smallest absolute Gasteiger partial charge is 0.303 e. The van der Waals surface area contributed by atoms with E-state index in [0.29, 0.717) is 23.1 Å². The maximum Gasteiger partial charge on any atom is 0.303 e. The van der Waals surface area contributed by atoms with Crippen molar-refractivity contribution in [2.24, 2.45) is 0 Å². The molecule has 104 valence electrons. The van der Waals surface area contributed by atoms with Gasteiger partial charge >= 0.3 is 5.97 Å². The maximum atomic E-state index is 13.4. The molecule has 1 aromatic carbocycles. The maximum absolute atomic E-state index is 13.4. The van der Waals surface area contributed by atoms with Crippen molar-refractivity contribution in [3.63, 3.8) is 0 Å². The third kappa shape index (κ3) is 3.93. The van der Waals surface area contributed by atoms with Gasteiger partial charge in [0.25, 0.3) is 0 Å². The molecule has 0 unspecified atom stereocenters. The van der Waals surface area contributed by atoms with E-state index < -0.39 is 5.97 Å². The van der Waals surface area contributed by atoms with Crippen LogP contribution in [0.5, 0.6) is 5.75 Å². The molecule has 1 aliphatic rings. The van der Waals surface area contributed by atoms with E-state index in [9.17, 15) is 9.18 Å². The summed E-state index contributed by atoms with van der Waals surface area (Å²) < 4.78 is 19.9. The Morgan fingerprint density at radius 1 is 1.47 bits per heavy atom. The minimum atomic E-state index is -0.836. The summed E-state index contributed by atoms with van der Waals surface area (Å²) in [5.74, 6) is -0.508. The standard InChI is InChI=1S/C14H16BrFO3/c15-12-8-10(16)7-9(3-1-6-13(17)18)14(12)19-11-4-2-5-11/h7-8,11H,1-6H2,(H,17,18). The van der Waals surface area contributed by atoms with E-state index in [1.807, 2.05) is 0 Å². The van der Waals surface area contributed by atoms with Crippen LogP contribution in [0.15, 0.2) is 16.6 Å². The molecule has 0 heterocycles. The van der Waals surface area contributed by atoms with Crippen molar-refractivity contribution < 1.29 is 19.0 Å². The quantitative estimate of drug-likeness (QED) is 0.859. The summed E-state index contributed by atoms with van der Waals surface area (Å²) >= 11 is 3.32. The van der Waals surface area contributed by atoms with Gasteiger partial charge in [0.05, 0.1) is 10.6 Å². The number of carboxylic acid groups (broad SMARTS) is 1. The molecule has 2 rings (SSSR count). The molecule has 1 aliphatic carbocycles. The van der Waals surface area contributed by atoms with Crippen molar-refractivity contribution in [2.45, 2.75) is 44.6 Å². The van der Waals surface area contributed by atoms with Crippen LogP contribution in [-0.2, 0) is 11.2 Å². The van der Waals surface area contributed by atoms with Crippen LogP contribution in [0.25, 0.3) is 0 Å². The zero-order chi connectivity index (χ0) is 13.8. The highest BCUT2D eigenvalue weighted by molar-refractivity contribution is 9.10. The van der Waals surface area contributed by atoms with Crippen LogP contribution in [0.4, 0.5) is 4.39 Å². The number of ether oxygens (including phenoxy) is 1. The lowest BCUT2D eigenvalue weighted by atomic mass is 9.96. The molecule has 0 bridgehead atoms. The molecule has 0 radical (unpaired) electrons. The third-order valence-electron chi connectivity index (χ3n) is 3.26. The summed E-state index contributed by atoms with van der Waals surface area (Å²) in [5, 5.41) is 8.65. The molecule has 1 saturated carbocycles. The van der Waals surface area contributed by atoms with Crippen molar-refractivity contribution in [3.8, 4) is 5.75 Å². The van der Waals surface area contributed by atoms with E-state index in [4.69, 9.17) is 9.84 Å². The van der Waals surface area contributed by atoms with Gasteiger partial charge in [-0.15, -0.1) is 0 Å². The summed E-state index contributed by atoms with van der Waals surface area (Å²) in [6.45, 7) is 0. The van der Waals surface area contributed by atoms with Gasteiger partial charge < -0.3 is 9.84 Å². The number of carboxylic acids is 1. The Morgan fingerprint density at radius 3 is 2.79 bits per heavy atom. The monoisotopic (exact) mass is 330 g/mol. The van der Waals surface area contributed by atoms with Gasteiger partial charge in [-0.25, -0.2) is 4.39 Å². The number of aryl methyl sites for hydroxylation is 1. The number of carbonyl (C=O) groups is 1. The van der Waals surface area contributed by atoms with E-state index in [2.05, 4.69) is 15.9 Å². The van der Waals surface area contributed by atoms with Gasteiger partial charge in [-0.2, -0.15) is 0 Å². The number of halogens is 2. The lowest BCUT2D eigenvalue weighted by molar-refractivity contribution is -0.137. The molecule has 3 nitrogen and oxygen atoms in total. The van der Waals surface area contributed by atoms with E-state index in [-0.39, 0.29) is 18.3 Å². The fourth-order valence-corrected chi connectivity index (χ4v) is 2.58. The molecule has 5 heteroatoms. The van der Waals surface area contributed by atoms with Gasteiger partial charge in [0.2, 0.25) is 0 Å². The highest BCUT2D eigenvalue weighted by atomic mass is 79.9. The normalized spacial score (nSPS) is 15.1. The Balaban J connectivity index is 2.10. The van der Waals surface area contributed by atoms with Gasteiger partial charge in [0, 0.05) is 6.42 Å². The Hall–Kier alpha value is -1.10. The van der Waals surface area contributed by atoms with Crippen molar-refractivity contribution >= 4 is 21.9 Å². The average molecular weight is 331 g/mol. The fourth-order valence-electron chi connectivity index (χ4n) is 2.02. The summed E-state index contributed by atoms with van der Waals surface area (Å²) in [7, 11) is 0. The molecular formula is C14H16BrFO3. The molecule has 1 aromatic rings. The van der Waals surface area contributed by atoms with Gasteiger partial charge in [0.1, 0.15) is 11.6 Å². The van der Waals surface area contributed by atoms with E-state index >= 15 is 0 Å². The van der Waals surface area contributed by atoms with Crippen molar-refractivity contribution in [1.29, 1.82) is 0 Å². The molecule has 0 saturated heterocycles. The van der Waals surface area contributed by atoms with Crippen molar-refractivity contribution in [3.05, 3.63) is 28.0 Å². The molecular weight excluding hydrogens is 315 g/mol. The molecule has 1 fully saturated rings. The van der Waals surface area contributed by atoms with Gasteiger partial charge in [-0.05, 0) is 65.7 Å². The highest BCUT2D eigenvalue weighted by Crippen LogP contribution is 2.35. The van der Waals surface area contributed by atoms with Crippen molar-refractivity contribution in [1.82, 2.24) is 0 Å². The Labute approximate surface area is 119 Å². The molecule has 0 atom stereocenters. The number of hydrogen-bond acceptors (Lipinski definition) is 2. The minimum Gasteiger partial charge on any atom is -0.489 e. The Morgan fingerprint density at radius 2 is 2.21 bits per heavy atom. The molecule has 19 heavy (non-hydrogen) atoms. The fraction of sp³-hybridized carbons (Fsp3) is 0.500. The molecule has 0 aliphatic heterocycles. The zero-order valence-electron chi connectivity index (χ0n) is 10.5. The van der Waals surface area contributed by atoms with E-state index in [1.165, 1.54) is 12.1 Å². The molecule has 0 aromatic heterocycles. The zero-order valence-corrected chi connectivity index (χ0v) is 12.1. The molecule has 0 amide bonds. The first-order chi connectivity index (χ1) is 9.06. The predicted molar refractivity (Wildman–Crippen MR) is 72.9 cm³/mol. The van der Waals surface area contributed by atoms with E-state index in [1.54, 1.807) is 0 Å². The Kier molecular flexibility index (Phi) is 4.80. The molecule has 1 N–H and O–H groups in total. The number of aliphatic carboxylic acids is 1. The van der Waals surface area contributed by atoms with Crippen LogP contribution in [0, 0.1) is 5.82 Å². The van der Waals surface area contributed by atoms with Gasteiger partial charge in [-0.1, -0.05) is 0 Å². The molecule has 0 spiro atoms. The summed E-state index contributed by atoms with van der Waals surface area (Å²) in [6.07, 6.45) is 4.49. The SMILES string of the molecule is O=C(O)CCCc1cc(F)cc(Br)c1OC1CCC1. The first kappa shape index (κ1) is 14.3. The first-order valence-electron chi connectivity index (χ1n) is 6.42. The second kappa shape index (κ2) is 6.37. The van der Waals surface area contributed by atoms with Gasteiger partial charge in [-0.3, -0.25) is 4.79 Å². The minimum absolute atomic E-state index is 0.0804. The highest BCUT2D eigenvalue weighted by Gasteiger charge is 2.22. The first-order valence-corrected chi connectivity index (χ1v) is 7.22. The largest absolute Gasteiger partial charge is 0.489 e. The number of benzene rings is 1. The van der Waals surface area contributed by atoms with Crippen molar-refractivity contribution in [2.75, 3.05) is 0 Å². The lowest BCUT2D eigenvalue weighted by Gasteiger charge is -2.28. The lowest BCUT2D eigenvalue weighted by Crippen LogP contribution is -2.25. The van der Waals surface area contributed by atoms with Crippen LogP contribution in [0.2, 0.25) is 0 Å². The van der Waals surface area contributed by atoms with Crippen LogP contribution in [-0.4, -0.2) is 17.2 Å². The predicted octanol–water partition coefficient (Wildman–Crippen LogP) is 3.93. The van der Waals surface area contributed by atoms with Crippen LogP contribution in [0.1, 0.15) is 37.7 Å². The summed E-state index contributed by atoms with van der Waals surface area (Å²) in [5.41, 5.74) is 0.736. The van der Waals surface area contributed by atoms with Gasteiger partial charge in [0.15, 0.2) is 0 Å². The topological polar surface area (TPSA) is 46.5 Å². The average Bonchev–Trinajstić information content (AvgIpc) is 2.24. The van der Waals surface area contributed by atoms with Crippen LogP contribution < -0.4 is 4.74 Å². The summed E-state index contributed by atoms with van der Waals surface area (Å²) in [6, 6.07) is 2.81. The van der Waals surface area contributed by atoms with E-state index in [0.717, 1.165) is 24.8 Å². The second-order valence-electron chi connectivity index (χ2n) is 4.79.